The highest BCUT2D eigenvalue weighted by Gasteiger charge is 2.16. The van der Waals surface area contributed by atoms with Crippen LogP contribution in [0.1, 0.15) is 187 Å². The standard InChI is InChI=1S/C42H66N4O6/c1-3-5-7-9-15-19-25-33-27-23-29-35(39(33)49)41(51)45-43-37(47)31-21-17-13-11-12-14-18-22-32-38(48)44-46-42(52)36-30-24-28-34(40(36)50)26-20-16-10-8-6-4-2/h23-24,27-30,49-50H,3-22,25-26,31-32H2,1-2H3,(H,43,47)(H,44,48)(H,45,51)(H,46,52). The lowest BCUT2D eigenvalue weighted by atomic mass is 10.0. The Labute approximate surface area is 312 Å². The number of phenolic OH excluding ortho intramolecular Hbond substituents is 2. The van der Waals surface area contributed by atoms with E-state index in [9.17, 15) is 29.4 Å². The van der Waals surface area contributed by atoms with Gasteiger partial charge in [-0.2, -0.15) is 0 Å². The minimum absolute atomic E-state index is 0.0210. The Morgan fingerprint density at radius 1 is 0.442 bits per heavy atom. The molecule has 10 nitrogen and oxygen atoms in total. The molecule has 6 N–H and O–H groups in total. The summed E-state index contributed by atoms with van der Waals surface area (Å²) in [6, 6.07) is 10.3. The Kier molecular flexibility index (Phi) is 23.4. The molecule has 0 unspecified atom stereocenters. The number of carbonyl (C=O) groups is 4. The fourth-order valence-corrected chi connectivity index (χ4v) is 6.29. The number of benzene rings is 2. The number of phenols is 2. The maximum atomic E-state index is 12.6. The van der Waals surface area contributed by atoms with Crippen molar-refractivity contribution in [3.8, 4) is 11.5 Å². The van der Waals surface area contributed by atoms with E-state index >= 15 is 0 Å². The zero-order valence-electron chi connectivity index (χ0n) is 32.0. The van der Waals surface area contributed by atoms with E-state index in [2.05, 4.69) is 35.6 Å². The second-order valence-electron chi connectivity index (χ2n) is 14.0. The molecule has 0 radical (unpaired) electrons. The molecule has 0 aliphatic carbocycles. The number of nitrogens with one attached hydrogen (secondary N) is 4. The minimum atomic E-state index is -0.530. The highest BCUT2D eigenvalue weighted by atomic mass is 16.3. The van der Waals surface area contributed by atoms with Gasteiger partial charge < -0.3 is 10.2 Å². The van der Waals surface area contributed by atoms with Crippen molar-refractivity contribution in [2.45, 2.75) is 168 Å². The fraction of sp³-hybridized carbons (Fsp3) is 0.619. The average Bonchev–Trinajstić information content (AvgIpc) is 3.14. The Bertz CT molecular complexity index is 1250. The van der Waals surface area contributed by atoms with Gasteiger partial charge in [0.25, 0.3) is 11.8 Å². The van der Waals surface area contributed by atoms with Gasteiger partial charge in [-0.3, -0.25) is 40.9 Å². The number of aryl methyl sites for hydroxylation is 2. The number of hydrogen-bond acceptors (Lipinski definition) is 6. The third-order valence-corrected chi connectivity index (χ3v) is 9.52. The maximum absolute atomic E-state index is 12.6. The van der Waals surface area contributed by atoms with Crippen LogP contribution in [0.3, 0.4) is 0 Å². The molecule has 0 bridgehead atoms. The van der Waals surface area contributed by atoms with E-state index in [1.165, 1.54) is 51.4 Å². The van der Waals surface area contributed by atoms with Gasteiger partial charge in [0.2, 0.25) is 11.8 Å². The smallest absolute Gasteiger partial charge is 0.273 e. The summed E-state index contributed by atoms with van der Waals surface area (Å²) in [7, 11) is 0. The van der Waals surface area contributed by atoms with Crippen molar-refractivity contribution in [1.82, 2.24) is 21.7 Å². The van der Waals surface area contributed by atoms with Crippen LogP contribution in [0.15, 0.2) is 36.4 Å². The third kappa shape index (κ3) is 18.4. The molecular formula is C42H66N4O6. The van der Waals surface area contributed by atoms with Crippen molar-refractivity contribution in [3.05, 3.63) is 58.7 Å². The third-order valence-electron chi connectivity index (χ3n) is 9.52. The highest BCUT2D eigenvalue weighted by Crippen LogP contribution is 2.26. The normalized spacial score (nSPS) is 10.9. The lowest BCUT2D eigenvalue weighted by molar-refractivity contribution is -0.122. The molecule has 10 heteroatoms. The van der Waals surface area contributed by atoms with Gasteiger partial charge in [-0.15, -0.1) is 0 Å². The second kappa shape index (κ2) is 27.6. The first-order valence-corrected chi connectivity index (χ1v) is 20.1. The van der Waals surface area contributed by atoms with E-state index < -0.39 is 11.8 Å². The minimum Gasteiger partial charge on any atom is -0.507 e. The molecule has 2 aromatic rings. The average molecular weight is 723 g/mol. The summed E-state index contributed by atoms with van der Waals surface area (Å²) in [6.07, 6.45) is 23.2. The van der Waals surface area contributed by atoms with E-state index in [-0.39, 0.29) is 34.4 Å². The van der Waals surface area contributed by atoms with Crippen molar-refractivity contribution < 1.29 is 29.4 Å². The highest BCUT2D eigenvalue weighted by molar-refractivity contribution is 5.98. The van der Waals surface area contributed by atoms with Gasteiger partial charge in [0.1, 0.15) is 11.5 Å². The van der Waals surface area contributed by atoms with E-state index in [4.69, 9.17) is 0 Å². The number of unbranched alkanes of at least 4 members (excludes halogenated alkanes) is 17. The zero-order valence-corrected chi connectivity index (χ0v) is 32.0. The molecule has 0 heterocycles. The van der Waals surface area contributed by atoms with Crippen molar-refractivity contribution >= 4 is 23.6 Å². The van der Waals surface area contributed by atoms with Gasteiger partial charge in [0.15, 0.2) is 0 Å². The first-order valence-electron chi connectivity index (χ1n) is 20.1. The van der Waals surface area contributed by atoms with Crippen LogP contribution < -0.4 is 21.7 Å². The van der Waals surface area contributed by atoms with Gasteiger partial charge in [-0.25, -0.2) is 0 Å². The molecule has 0 aliphatic rings. The Balaban J connectivity index is 1.49. The molecule has 290 valence electrons. The Morgan fingerprint density at radius 3 is 1.13 bits per heavy atom. The molecule has 52 heavy (non-hydrogen) atoms. The lowest BCUT2D eigenvalue weighted by Crippen LogP contribution is -2.41. The SMILES string of the molecule is CCCCCCCCc1cccc(C(=O)NNC(=O)CCCCCCCCCCC(=O)NNC(=O)c2cccc(CCCCCCCC)c2O)c1O. The Morgan fingerprint density at radius 2 is 0.769 bits per heavy atom. The maximum Gasteiger partial charge on any atom is 0.273 e. The molecule has 0 spiro atoms. The van der Waals surface area contributed by atoms with Crippen LogP contribution in [0.25, 0.3) is 0 Å². The van der Waals surface area contributed by atoms with Gasteiger partial charge in [0, 0.05) is 12.8 Å². The van der Waals surface area contributed by atoms with E-state index in [0.717, 1.165) is 75.3 Å². The number of rotatable bonds is 27. The lowest BCUT2D eigenvalue weighted by Gasteiger charge is -2.11. The van der Waals surface area contributed by atoms with Crippen LogP contribution >= 0.6 is 0 Å². The number of carbonyl (C=O) groups excluding carboxylic acids is 4. The van der Waals surface area contributed by atoms with Gasteiger partial charge in [-0.1, -0.05) is 141 Å². The number of hydrazine groups is 2. The zero-order chi connectivity index (χ0) is 37.8. The fourth-order valence-electron chi connectivity index (χ4n) is 6.29. The van der Waals surface area contributed by atoms with Gasteiger partial charge in [-0.05, 0) is 61.8 Å². The quantitative estimate of drug-likeness (QED) is 0.0399. The molecule has 0 aliphatic heterocycles. The van der Waals surface area contributed by atoms with Crippen LogP contribution in [-0.4, -0.2) is 33.8 Å². The van der Waals surface area contributed by atoms with Crippen LogP contribution in [0, 0.1) is 0 Å². The molecule has 0 atom stereocenters. The molecule has 0 saturated carbocycles. The van der Waals surface area contributed by atoms with E-state index in [1.54, 1.807) is 24.3 Å². The van der Waals surface area contributed by atoms with E-state index in [1.807, 2.05) is 12.1 Å². The predicted molar refractivity (Wildman–Crippen MR) is 208 cm³/mol. The number of hydrogen-bond donors (Lipinski definition) is 6. The predicted octanol–water partition coefficient (Wildman–Crippen LogP) is 9.03. The molecule has 0 saturated heterocycles. The number of para-hydroxylation sites is 2. The first kappa shape index (κ1) is 44.1. The summed E-state index contributed by atoms with van der Waals surface area (Å²) in [5.74, 6) is -1.63. The number of aromatic hydroxyl groups is 2. The first-order chi connectivity index (χ1) is 25.3. The number of amides is 4. The van der Waals surface area contributed by atoms with Crippen molar-refractivity contribution in [2.24, 2.45) is 0 Å². The molecule has 0 aromatic heterocycles. The summed E-state index contributed by atoms with van der Waals surface area (Å²) in [5, 5.41) is 21.2. The van der Waals surface area contributed by atoms with Crippen LogP contribution in [0.2, 0.25) is 0 Å². The van der Waals surface area contributed by atoms with Gasteiger partial charge >= 0.3 is 0 Å². The van der Waals surface area contributed by atoms with Crippen LogP contribution in [0.5, 0.6) is 11.5 Å². The molecule has 0 fully saturated rings. The summed E-state index contributed by atoms with van der Waals surface area (Å²) in [4.78, 5) is 49.7. The monoisotopic (exact) mass is 722 g/mol. The van der Waals surface area contributed by atoms with Crippen LogP contribution in [-0.2, 0) is 22.4 Å². The topological polar surface area (TPSA) is 157 Å². The van der Waals surface area contributed by atoms with E-state index in [0.29, 0.717) is 38.5 Å². The summed E-state index contributed by atoms with van der Waals surface area (Å²) in [5.41, 5.74) is 11.6. The van der Waals surface area contributed by atoms with Gasteiger partial charge in [0.05, 0.1) is 11.1 Å². The molecular weight excluding hydrogens is 656 g/mol. The Hall–Kier alpha value is -4.08. The van der Waals surface area contributed by atoms with Crippen LogP contribution in [0.4, 0.5) is 0 Å². The molecule has 2 rings (SSSR count). The summed E-state index contributed by atoms with van der Waals surface area (Å²) < 4.78 is 0. The largest absolute Gasteiger partial charge is 0.507 e. The second-order valence-corrected chi connectivity index (χ2v) is 14.0. The summed E-state index contributed by atoms with van der Waals surface area (Å²) >= 11 is 0. The van der Waals surface area contributed by atoms with Crippen molar-refractivity contribution in [2.75, 3.05) is 0 Å². The summed E-state index contributed by atoms with van der Waals surface area (Å²) in [6.45, 7) is 4.38. The van der Waals surface area contributed by atoms with Crippen molar-refractivity contribution in [3.63, 3.8) is 0 Å². The molecule has 2 aromatic carbocycles. The molecule has 4 amide bonds. The van der Waals surface area contributed by atoms with Crippen molar-refractivity contribution in [1.29, 1.82) is 0 Å².